The van der Waals surface area contributed by atoms with Gasteiger partial charge in [-0.3, -0.25) is 9.59 Å². The van der Waals surface area contributed by atoms with Gasteiger partial charge in [-0.05, 0) is 159 Å². The molecule has 0 spiro atoms. The van der Waals surface area contributed by atoms with Crippen molar-refractivity contribution in [1.82, 2.24) is 9.80 Å². The topological polar surface area (TPSA) is 98.2 Å². The fourth-order valence-corrected chi connectivity index (χ4v) is 13.8. The van der Waals surface area contributed by atoms with Crippen LogP contribution in [0.25, 0.3) is 5.57 Å². The third kappa shape index (κ3) is 6.19. The molecule has 1 aromatic carbocycles. The average molecular weight is 715 g/mol. The van der Waals surface area contributed by atoms with Gasteiger partial charge in [0, 0.05) is 26.1 Å². The predicted molar refractivity (Wildman–Crippen MR) is 208 cm³/mol. The maximum absolute atomic E-state index is 13.7. The summed E-state index contributed by atoms with van der Waals surface area (Å²) in [5.41, 5.74) is 4.69. The summed E-state index contributed by atoms with van der Waals surface area (Å²) < 4.78 is 0. The Morgan fingerprint density at radius 2 is 1.52 bits per heavy atom. The van der Waals surface area contributed by atoms with E-state index in [0.29, 0.717) is 41.7 Å². The molecule has 0 radical (unpaired) electrons. The standard InChI is InChI=1S/C45H66N2O5/c1-29(2)32-18-23-45(28-47(27-26-46(8)9)37(48)16-17-38(49)50)25-24-43(6)34(39(32)45)14-15-36-42(5)21-19-33(30-10-12-31(13-11-30)40(51)52)41(3,4)35(42)20-22-44(36,43)7/h10-13,19,32,34-36,39H,1,14-18,20-28H2,2-9H3,(H,49,50)(H,51,52). The van der Waals surface area contributed by atoms with E-state index in [1.807, 2.05) is 31.1 Å². The molecule has 2 N–H and O–H groups in total. The summed E-state index contributed by atoms with van der Waals surface area (Å²) in [6.07, 6.45) is 12.9. The van der Waals surface area contributed by atoms with E-state index in [-0.39, 0.29) is 45.8 Å². The second kappa shape index (κ2) is 13.7. The summed E-state index contributed by atoms with van der Waals surface area (Å²) in [4.78, 5) is 40.9. The second-order valence-corrected chi connectivity index (χ2v) is 19.5. The van der Waals surface area contributed by atoms with Crippen molar-refractivity contribution in [2.24, 2.45) is 56.7 Å². The Kier molecular flexibility index (Phi) is 10.2. The van der Waals surface area contributed by atoms with Gasteiger partial charge < -0.3 is 20.0 Å². The molecule has 5 aliphatic carbocycles. The number of fused-ring (bicyclic) bond motifs is 7. The molecule has 7 heteroatoms. The maximum atomic E-state index is 13.7. The van der Waals surface area contributed by atoms with E-state index in [4.69, 9.17) is 0 Å². The minimum Gasteiger partial charge on any atom is -0.481 e. The molecular weight excluding hydrogens is 649 g/mol. The van der Waals surface area contributed by atoms with Crippen molar-refractivity contribution in [2.75, 3.05) is 33.7 Å². The molecule has 4 saturated carbocycles. The molecule has 52 heavy (non-hydrogen) atoms. The zero-order chi connectivity index (χ0) is 38.0. The van der Waals surface area contributed by atoms with Crippen molar-refractivity contribution >= 4 is 23.4 Å². The third-order valence-electron chi connectivity index (χ3n) is 16.5. The number of carboxylic acid groups (broad SMARTS) is 2. The third-order valence-corrected chi connectivity index (χ3v) is 16.5. The van der Waals surface area contributed by atoms with Gasteiger partial charge in [0.25, 0.3) is 0 Å². The lowest BCUT2D eigenvalue weighted by atomic mass is 9.32. The Morgan fingerprint density at radius 1 is 0.827 bits per heavy atom. The van der Waals surface area contributed by atoms with E-state index in [1.54, 1.807) is 12.1 Å². The molecule has 4 fully saturated rings. The lowest BCUT2D eigenvalue weighted by Crippen LogP contribution is -2.66. The Labute approximate surface area is 313 Å². The van der Waals surface area contributed by atoms with Crippen molar-refractivity contribution in [3.8, 4) is 0 Å². The molecule has 0 bridgehead atoms. The molecule has 286 valence electrons. The largest absolute Gasteiger partial charge is 0.481 e. The minimum absolute atomic E-state index is 0.0171. The molecule has 5 aliphatic rings. The Balaban J connectivity index is 1.32. The zero-order valence-electron chi connectivity index (χ0n) is 33.4. The van der Waals surface area contributed by atoms with Crippen LogP contribution >= 0.6 is 0 Å². The Hall–Kier alpha value is -2.93. The van der Waals surface area contributed by atoms with Crippen LogP contribution in [0.1, 0.15) is 128 Å². The van der Waals surface area contributed by atoms with Crippen LogP contribution in [-0.2, 0) is 9.59 Å². The van der Waals surface area contributed by atoms with Gasteiger partial charge in [0.15, 0.2) is 0 Å². The fraction of sp³-hybridized carbons (Fsp3) is 0.711. The van der Waals surface area contributed by atoms with Gasteiger partial charge in [-0.15, -0.1) is 0 Å². The number of likely N-dealkylation sites (N-methyl/N-ethyl adjacent to an activating group) is 1. The van der Waals surface area contributed by atoms with Gasteiger partial charge in [0.05, 0.1) is 12.0 Å². The van der Waals surface area contributed by atoms with Gasteiger partial charge in [-0.2, -0.15) is 0 Å². The molecular formula is C45H66N2O5. The number of carbonyl (C=O) groups is 3. The molecule has 9 unspecified atom stereocenters. The molecule has 1 amide bonds. The van der Waals surface area contributed by atoms with Crippen molar-refractivity contribution < 1.29 is 24.6 Å². The molecule has 0 aliphatic heterocycles. The van der Waals surface area contributed by atoms with Gasteiger partial charge >= 0.3 is 11.9 Å². The number of aliphatic carboxylic acids is 1. The summed E-state index contributed by atoms with van der Waals surface area (Å²) in [5.74, 6) is 0.824. The fourth-order valence-electron chi connectivity index (χ4n) is 13.8. The Bertz CT molecular complexity index is 1610. The number of nitrogens with zero attached hydrogens (tertiary/aromatic N) is 2. The highest BCUT2D eigenvalue weighted by Crippen LogP contribution is 2.77. The summed E-state index contributed by atoms with van der Waals surface area (Å²) >= 11 is 0. The highest BCUT2D eigenvalue weighted by atomic mass is 16.4. The molecule has 9 atom stereocenters. The van der Waals surface area contributed by atoms with Gasteiger partial charge in [0.2, 0.25) is 5.91 Å². The number of rotatable bonds is 11. The van der Waals surface area contributed by atoms with E-state index in [9.17, 15) is 24.6 Å². The predicted octanol–water partition coefficient (Wildman–Crippen LogP) is 9.29. The summed E-state index contributed by atoms with van der Waals surface area (Å²) in [7, 11) is 4.08. The maximum Gasteiger partial charge on any atom is 0.335 e. The van der Waals surface area contributed by atoms with Crippen molar-refractivity contribution in [2.45, 2.75) is 112 Å². The molecule has 1 aromatic rings. The first kappa shape index (κ1) is 38.8. The van der Waals surface area contributed by atoms with E-state index in [1.165, 1.54) is 43.3 Å². The summed E-state index contributed by atoms with van der Waals surface area (Å²) in [6.45, 7) is 21.8. The number of benzene rings is 1. The van der Waals surface area contributed by atoms with Crippen LogP contribution in [0.5, 0.6) is 0 Å². The van der Waals surface area contributed by atoms with Crippen LogP contribution in [0.15, 0.2) is 42.5 Å². The zero-order valence-corrected chi connectivity index (χ0v) is 33.4. The van der Waals surface area contributed by atoms with Crippen LogP contribution in [0.4, 0.5) is 0 Å². The second-order valence-electron chi connectivity index (χ2n) is 19.5. The van der Waals surface area contributed by atoms with E-state index < -0.39 is 11.9 Å². The van der Waals surface area contributed by atoms with Gasteiger partial charge in [-0.1, -0.05) is 65.0 Å². The van der Waals surface area contributed by atoms with Crippen LogP contribution in [0.3, 0.4) is 0 Å². The summed E-state index contributed by atoms with van der Waals surface area (Å²) in [6, 6.07) is 7.52. The van der Waals surface area contributed by atoms with Crippen LogP contribution in [0, 0.1) is 56.7 Å². The molecule has 0 heterocycles. The number of carboxylic acids is 2. The van der Waals surface area contributed by atoms with Gasteiger partial charge in [0.1, 0.15) is 0 Å². The van der Waals surface area contributed by atoms with E-state index in [2.05, 4.69) is 59.1 Å². The Morgan fingerprint density at radius 3 is 2.13 bits per heavy atom. The highest BCUT2D eigenvalue weighted by molar-refractivity contribution is 5.88. The number of carbonyl (C=O) groups excluding carboxylic acids is 1. The average Bonchev–Trinajstić information content (AvgIpc) is 3.45. The highest BCUT2D eigenvalue weighted by Gasteiger charge is 2.70. The van der Waals surface area contributed by atoms with Crippen molar-refractivity contribution in [1.29, 1.82) is 0 Å². The number of amides is 1. The van der Waals surface area contributed by atoms with Crippen LogP contribution in [-0.4, -0.2) is 71.6 Å². The SMILES string of the molecule is C=C(C)C1CCC2(CN(CCN(C)C)C(=O)CCC(=O)O)CCC3(C)C(CCC4C5(C)CC=C(c6ccc(C(=O)O)cc6)C(C)(C)C5CCC43C)C12. The normalized spacial score (nSPS) is 37.6. The molecule has 0 aromatic heterocycles. The van der Waals surface area contributed by atoms with Crippen LogP contribution < -0.4 is 0 Å². The molecule has 7 nitrogen and oxygen atoms in total. The first-order valence-corrected chi connectivity index (χ1v) is 20.1. The van der Waals surface area contributed by atoms with Crippen LogP contribution in [0.2, 0.25) is 0 Å². The first-order chi connectivity index (χ1) is 24.3. The van der Waals surface area contributed by atoms with Gasteiger partial charge in [-0.25, -0.2) is 4.79 Å². The molecule has 0 saturated heterocycles. The van der Waals surface area contributed by atoms with E-state index >= 15 is 0 Å². The molecule has 6 rings (SSSR count). The lowest BCUT2D eigenvalue weighted by molar-refractivity contribution is -0.226. The monoisotopic (exact) mass is 714 g/mol. The quantitative estimate of drug-likeness (QED) is 0.222. The number of allylic oxidation sites excluding steroid dienone is 3. The number of hydrogen-bond donors (Lipinski definition) is 2. The summed E-state index contributed by atoms with van der Waals surface area (Å²) in [5, 5.41) is 18.9. The van der Waals surface area contributed by atoms with Crippen molar-refractivity contribution in [3.05, 3.63) is 53.6 Å². The number of aromatic carboxylic acids is 1. The lowest BCUT2D eigenvalue weighted by Gasteiger charge is -2.72. The number of hydrogen-bond acceptors (Lipinski definition) is 4. The van der Waals surface area contributed by atoms with E-state index in [0.717, 1.165) is 44.3 Å². The van der Waals surface area contributed by atoms with Crippen molar-refractivity contribution in [3.63, 3.8) is 0 Å². The first-order valence-electron chi connectivity index (χ1n) is 20.1. The minimum atomic E-state index is -0.913. The smallest absolute Gasteiger partial charge is 0.335 e.